The molecule has 3 aromatic carbocycles. The van der Waals surface area contributed by atoms with E-state index in [0.29, 0.717) is 46.1 Å². The van der Waals surface area contributed by atoms with Crippen molar-refractivity contribution in [3.8, 4) is 17.2 Å². The molecule has 2 amide bonds. The molecule has 0 bridgehead atoms. The second kappa shape index (κ2) is 10.4. The van der Waals surface area contributed by atoms with Gasteiger partial charge >= 0.3 is 6.03 Å². The number of nitrogens with one attached hydrogen (secondary N) is 3. The molecular weight excluding hydrogens is 436 g/mol. The molecule has 4 rings (SSSR count). The van der Waals surface area contributed by atoms with Crippen molar-refractivity contribution in [3.63, 3.8) is 0 Å². The first-order chi connectivity index (χ1) is 16.6. The van der Waals surface area contributed by atoms with Gasteiger partial charge in [0.2, 0.25) is 5.78 Å². The Balaban J connectivity index is 1.38. The third-order valence-corrected chi connectivity index (χ3v) is 5.14. The van der Waals surface area contributed by atoms with Crippen LogP contribution in [0.1, 0.15) is 15.9 Å². The number of carbonyl (C=O) groups excluding carboxylic acids is 2. The number of rotatable bonds is 9. The zero-order valence-corrected chi connectivity index (χ0v) is 18.8. The van der Waals surface area contributed by atoms with E-state index < -0.39 is 0 Å². The van der Waals surface area contributed by atoms with Gasteiger partial charge in [-0.25, -0.2) is 4.79 Å². The number of methoxy groups -OCH3 is 2. The molecule has 0 spiro atoms. The molecule has 0 fully saturated rings. The van der Waals surface area contributed by atoms with Crippen molar-refractivity contribution in [2.75, 3.05) is 26.1 Å². The van der Waals surface area contributed by atoms with Crippen molar-refractivity contribution in [2.24, 2.45) is 0 Å². The topological polar surface area (TPSA) is 115 Å². The summed E-state index contributed by atoms with van der Waals surface area (Å²) in [6, 6.07) is 19.4. The van der Waals surface area contributed by atoms with Gasteiger partial charge in [-0.15, -0.1) is 0 Å². The molecular formula is C25H24N4O5. The van der Waals surface area contributed by atoms with Crippen LogP contribution >= 0.6 is 0 Å². The second-order valence-corrected chi connectivity index (χ2v) is 7.35. The predicted octanol–water partition coefficient (Wildman–Crippen LogP) is 4.16. The fraction of sp³-hybridized carbons (Fsp3) is 0.160. The van der Waals surface area contributed by atoms with Crippen LogP contribution < -0.4 is 24.8 Å². The van der Waals surface area contributed by atoms with Crippen LogP contribution in [0, 0.1) is 0 Å². The first-order valence-electron chi connectivity index (χ1n) is 10.5. The van der Waals surface area contributed by atoms with Crippen LogP contribution in [0.2, 0.25) is 0 Å². The van der Waals surface area contributed by atoms with E-state index in [1.807, 2.05) is 30.3 Å². The standard InChI is InChI=1S/C25H24N4O5/c1-32-17-9-11-23(33-2)20(12-17)22(30)15-34-18-8-10-19-21(13-18)28-29-24(19)27-25(31)26-14-16-6-4-3-5-7-16/h3-13H,14-15H2,1-2H3,(H3,26,27,28,29,31). The smallest absolute Gasteiger partial charge is 0.320 e. The molecule has 0 aliphatic rings. The number of benzene rings is 3. The summed E-state index contributed by atoms with van der Waals surface area (Å²) in [5.74, 6) is 1.61. The van der Waals surface area contributed by atoms with E-state index in [1.54, 1.807) is 36.4 Å². The summed E-state index contributed by atoms with van der Waals surface area (Å²) in [5, 5.41) is 13.3. The number of nitrogens with zero attached hydrogens (tertiary/aromatic N) is 1. The van der Waals surface area contributed by atoms with Gasteiger partial charge in [0, 0.05) is 18.0 Å². The van der Waals surface area contributed by atoms with Gasteiger partial charge in [0.15, 0.2) is 12.4 Å². The average molecular weight is 460 g/mol. The second-order valence-electron chi connectivity index (χ2n) is 7.35. The molecule has 1 aromatic heterocycles. The summed E-state index contributed by atoms with van der Waals surface area (Å²) in [7, 11) is 3.03. The van der Waals surface area contributed by atoms with Crippen molar-refractivity contribution in [2.45, 2.75) is 6.54 Å². The summed E-state index contributed by atoms with van der Waals surface area (Å²) < 4.78 is 16.1. The third kappa shape index (κ3) is 5.26. The van der Waals surface area contributed by atoms with Crippen LogP contribution in [0.4, 0.5) is 10.6 Å². The number of Topliss-reactive ketones (excluding diaryl/α,β-unsaturated/α-hetero) is 1. The molecule has 1 heterocycles. The summed E-state index contributed by atoms with van der Waals surface area (Å²) >= 11 is 0. The number of fused-ring (bicyclic) bond motifs is 1. The number of carbonyl (C=O) groups is 2. The molecule has 34 heavy (non-hydrogen) atoms. The van der Waals surface area contributed by atoms with Crippen molar-refractivity contribution in [1.82, 2.24) is 15.5 Å². The number of aromatic amines is 1. The lowest BCUT2D eigenvalue weighted by Gasteiger charge is -2.10. The molecule has 0 saturated carbocycles. The SMILES string of the molecule is COc1ccc(OC)c(C(=O)COc2ccc3c(NC(=O)NCc4ccccc4)n[nH]c3c2)c1. The van der Waals surface area contributed by atoms with Crippen LogP contribution in [-0.4, -0.2) is 42.8 Å². The van der Waals surface area contributed by atoms with E-state index in [1.165, 1.54) is 14.2 Å². The van der Waals surface area contributed by atoms with Gasteiger partial charge in [-0.2, -0.15) is 5.10 Å². The maximum absolute atomic E-state index is 12.7. The molecule has 9 nitrogen and oxygen atoms in total. The Morgan fingerprint density at radius 2 is 1.74 bits per heavy atom. The van der Waals surface area contributed by atoms with Gasteiger partial charge in [-0.05, 0) is 35.9 Å². The Hall–Kier alpha value is -4.53. The van der Waals surface area contributed by atoms with Crippen molar-refractivity contribution < 1.29 is 23.8 Å². The van der Waals surface area contributed by atoms with Gasteiger partial charge in [-0.1, -0.05) is 30.3 Å². The normalized spacial score (nSPS) is 10.5. The Labute approximate surface area is 196 Å². The van der Waals surface area contributed by atoms with Gasteiger partial charge < -0.3 is 19.5 Å². The van der Waals surface area contributed by atoms with Gasteiger partial charge in [0.05, 0.1) is 25.3 Å². The number of urea groups is 1. The highest BCUT2D eigenvalue weighted by Crippen LogP contribution is 2.27. The van der Waals surface area contributed by atoms with E-state index in [-0.39, 0.29) is 18.4 Å². The van der Waals surface area contributed by atoms with Crippen LogP contribution in [0.5, 0.6) is 17.2 Å². The molecule has 0 aliphatic carbocycles. The van der Waals surface area contributed by atoms with Gasteiger partial charge in [0.25, 0.3) is 0 Å². The van der Waals surface area contributed by atoms with E-state index in [9.17, 15) is 9.59 Å². The van der Waals surface area contributed by atoms with Crippen LogP contribution in [0.15, 0.2) is 66.7 Å². The highest BCUT2D eigenvalue weighted by Gasteiger charge is 2.15. The Kier molecular flexibility index (Phi) is 6.92. The number of ether oxygens (including phenoxy) is 3. The highest BCUT2D eigenvalue weighted by molar-refractivity contribution is 6.01. The van der Waals surface area contributed by atoms with Gasteiger partial charge in [0.1, 0.15) is 17.2 Å². The Morgan fingerprint density at radius 3 is 2.50 bits per heavy atom. The number of hydrogen-bond donors (Lipinski definition) is 3. The lowest BCUT2D eigenvalue weighted by Crippen LogP contribution is -2.28. The van der Waals surface area contributed by atoms with Crippen LogP contribution in [-0.2, 0) is 6.54 Å². The maximum Gasteiger partial charge on any atom is 0.320 e. The number of hydrogen-bond acceptors (Lipinski definition) is 6. The first-order valence-corrected chi connectivity index (χ1v) is 10.5. The Morgan fingerprint density at radius 1 is 0.941 bits per heavy atom. The number of ketones is 1. The van der Waals surface area contributed by atoms with Crippen LogP contribution in [0.3, 0.4) is 0 Å². The van der Waals surface area contributed by atoms with E-state index in [2.05, 4.69) is 20.8 Å². The molecule has 0 aliphatic heterocycles. The number of anilines is 1. The predicted molar refractivity (Wildman–Crippen MR) is 128 cm³/mol. The lowest BCUT2D eigenvalue weighted by molar-refractivity contribution is 0.0918. The highest BCUT2D eigenvalue weighted by atomic mass is 16.5. The van der Waals surface area contributed by atoms with Crippen molar-refractivity contribution >= 4 is 28.5 Å². The minimum Gasteiger partial charge on any atom is -0.497 e. The first kappa shape index (κ1) is 22.7. The zero-order valence-electron chi connectivity index (χ0n) is 18.8. The molecule has 0 unspecified atom stereocenters. The molecule has 9 heteroatoms. The summed E-state index contributed by atoms with van der Waals surface area (Å²) in [5.41, 5.74) is 2.02. The van der Waals surface area contributed by atoms with Crippen LogP contribution in [0.25, 0.3) is 10.9 Å². The zero-order chi connectivity index (χ0) is 23.9. The molecule has 0 atom stereocenters. The fourth-order valence-electron chi connectivity index (χ4n) is 3.37. The van der Waals surface area contributed by atoms with Crippen molar-refractivity contribution in [1.29, 1.82) is 0 Å². The third-order valence-electron chi connectivity index (χ3n) is 5.14. The maximum atomic E-state index is 12.7. The average Bonchev–Trinajstić information content (AvgIpc) is 3.27. The number of amides is 2. The van der Waals surface area contributed by atoms with Crippen molar-refractivity contribution in [3.05, 3.63) is 77.9 Å². The summed E-state index contributed by atoms with van der Waals surface area (Å²) in [4.78, 5) is 24.9. The quantitative estimate of drug-likeness (QED) is 0.323. The van der Waals surface area contributed by atoms with Gasteiger partial charge in [-0.3, -0.25) is 15.2 Å². The molecule has 174 valence electrons. The minimum absolute atomic E-state index is 0.184. The van der Waals surface area contributed by atoms with E-state index in [0.717, 1.165) is 5.56 Å². The Bertz CT molecular complexity index is 1300. The monoisotopic (exact) mass is 460 g/mol. The lowest BCUT2D eigenvalue weighted by atomic mass is 10.1. The molecule has 3 N–H and O–H groups in total. The largest absolute Gasteiger partial charge is 0.497 e. The van der Waals surface area contributed by atoms with E-state index in [4.69, 9.17) is 14.2 Å². The molecule has 0 saturated heterocycles. The van der Waals surface area contributed by atoms with E-state index >= 15 is 0 Å². The number of H-pyrrole nitrogens is 1. The summed E-state index contributed by atoms with van der Waals surface area (Å²) in [6.07, 6.45) is 0. The molecule has 4 aromatic rings. The molecule has 0 radical (unpaired) electrons. The summed E-state index contributed by atoms with van der Waals surface area (Å²) in [6.45, 7) is 0.218. The number of aromatic nitrogens is 2. The minimum atomic E-state index is -0.365. The fourth-order valence-corrected chi connectivity index (χ4v) is 3.37.